The van der Waals surface area contributed by atoms with Crippen molar-refractivity contribution in [3.05, 3.63) is 22.5 Å². The van der Waals surface area contributed by atoms with Gasteiger partial charge in [-0.2, -0.15) is 0 Å². The lowest BCUT2D eigenvalue weighted by molar-refractivity contribution is 0.935. The zero-order chi connectivity index (χ0) is 9.42. The molecule has 2 heterocycles. The third-order valence-corrected chi connectivity index (χ3v) is 3.31. The predicted octanol–water partition coefficient (Wildman–Crippen LogP) is 1.51. The van der Waals surface area contributed by atoms with Crippen molar-refractivity contribution in [2.45, 2.75) is 20.3 Å². The molecule has 0 aliphatic heterocycles. The van der Waals surface area contributed by atoms with Gasteiger partial charge in [0.15, 0.2) is 4.96 Å². The number of hydrogen-bond donors (Lipinski definition) is 1. The van der Waals surface area contributed by atoms with Gasteiger partial charge in [0, 0.05) is 23.2 Å². The predicted molar refractivity (Wildman–Crippen MR) is 55.3 cm³/mol. The van der Waals surface area contributed by atoms with E-state index in [0.29, 0.717) is 6.54 Å². The van der Waals surface area contributed by atoms with E-state index in [1.54, 1.807) is 11.3 Å². The third kappa shape index (κ3) is 1.36. The van der Waals surface area contributed by atoms with Crippen molar-refractivity contribution in [3.8, 4) is 0 Å². The van der Waals surface area contributed by atoms with Gasteiger partial charge in [-0.15, -0.1) is 11.3 Å². The van der Waals surface area contributed by atoms with Crippen LogP contribution in [0.3, 0.4) is 0 Å². The van der Waals surface area contributed by atoms with Gasteiger partial charge in [0.1, 0.15) is 0 Å². The Hall–Kier alpha value is -0.870. The molecule has 0 amide bonds. The first kappa shape index (κ1) is 8.72. The van der Waals surface area contributed by atoms with Gasteiger partial charge in [-0.05, 0) is 20.4 Å². The molecule has 3 nitrogen and oxygen atoms in total. The first-order valence-corrected chi connectivity index (χ1v) is 5.18. The Balaban J connectivity index is 2.52. The van der Waals surface area contributed by atoms with Crippen molar-refractivity contribution in [1.29, 1.82) is 0 Å². The van der Waals surface area contributed by atoms with E-state index in [1.165, 1.54) is 10.6 Å². The van der Waals surface area contributed by atoms with E-state index < -0.39 is 0 Å². The highest BCUT2D eigenvalue weighted by Gasteiger charge is 2.07. The van der Waals surface area contributed by atoms with Crippen LogP contribution in [0.15, 0.2) is 6.20 Å². The van der Waals surface area contributed by atoms with Gasteiger partial charge >= 0.3 is 0 Å². The summed E-state index contributed by atoms with van der Waals surface area (Å²) in [6, 6.07) is 0. The van der Waals surface area contributed by atoms with E-state index in [1.807, 2.05) is 0 Å². The summed E-state index contributed by atoms with van der Waals surface area (Å²) in [5, 5.41) is 0. The zero-order valence-electron chi connectivity index (χ0n) is 7.87. The highest BCUT2D eigenvalue weighted by atomic mass is 32.1. The van der Waals surface area contributed by atoms with Crippen molar-refractivity contribution in [2.24, 2.45) is 5.73 Å². The van der Waals surface area contributed by atoms with Crippen LogP contribution in [0.5, 0.6) is 0 Å². The Morgan fingerprint density at radius 3 is 2.92 bits per heavy atom. The maximum Gasteiger partial charge on any atom is 0.194 e. The number of nitrogens with two attached hydrogens (primary N) is 1. The van der Waals surface area contributed by atoms with Crippen LogP contribution >= 0.6 is 11.3 Å². The smallest absolute Gasteiger partial charge is 0.194 e. The molecule has 13 heavy (non-hydrogen) atoms. The summed E-state index contributed by atoms with van der Waals surface area (Å²) in [6.45, 7) is 4.91. The Morgan fingerprint density at radius 2 is 2.31 bits per heavy atom. The fraction of sp³-hybridized carbons (Fsp3) is 0.444. The molecule has 0 fully saturated rings. The largest absolute Gasteiger partial charge is 0.330 e. The van der Waals surface area contributed by atoms with E-state index >= 15 is 0 Å². The molecular weight excluding hydrogens is 182 g/mol. The number of aromatic nitrogens is 2. The van der Waals surface area contributed by atoms with Gasteiger partial charge in [0.25, 0.3) is 0 Å². The molecule has 0 atom stereocenters. The summed E-state index contributed by atoms with van der Waals surface area (Å²) >= 11 is 1.74. The Kier molecular flexibility index (Phi) is 2.09. The van der Waals surface area contributed by atoms with Crippen LogP contribution in [0.25, 0.3) is 4.96 Å². The first-order valence-electron chi connectivity index (χ1n) is 4.36. The van der Waals surface area contributed by atoms with Crippen LogP contribution in [0.2, 0.25) is 0 Å². The summed E-state index contributed by atoms with van der Waals surface area (Å²) in [4.78, 5) is 6.90. The molecule has 2 aromatic heterocycles. The second-order valence-electron chi connectivity index (χ2n) is 3.17. The molecule has 0 aliphatic carbocycles. The molecule has 0 aliphatic rings. The Bertz CT molecular complexity index is 427. The number of imidazole rings is 1. The van der Waals surface area contributed by atoms with Crippen molar-refractivity contribution in [1.82, 2.24) is 9.38 Å². The van der Waals surface area contributed by atoms with Gasteiger partial charge in [-0.25, -0.2) is 4.98 Å². The Morgan fingerprint density at radius 1 is 1.54 bits per heavy atom. The maximum atomic E-state index is 5.47. The minimum atomic E-state index is 0.670. The van der Waals surface area contributed by atoms with Crippen molar-refractivity contribution >= 4 is 16.3 Å². The number of aryl methyl sites for hydroxylation is 2. The molecule has 70 valence electrons. The monoisotopic (exact) mass is 195 g/mol. The average Bonchev–Trinajstić information content (AvgIpc) is 2.56. The van der Waals surface area contributed by atoms with Crippen LogP contribution in [-0.2, 0) is 6.42 Å². The highest BCUT2D eigenvalue weighted by Crippen LogP contribution is 2.21. The molecule has 0 saturated carbocycles. The lowest BCUT2D eigenvalue weighted by atomic mass is 10.3. The number of rotatable bonds is 2. The summed E-state index contributed by atoms with van der Waals surface area (Å²) in [5.74, 6) is 0. The lowest BCUT2D eigenvalue weighted by Gasteiger charge is -1.90. The van der Waals surface area contributed by atoms with Gasteiger partial charge < -0.3 is 5.73 Å². The van der Waals surface area contributed by atoms with Gasteiger partial charge in [-0.1, -0.05) is 0 Å². The van der Waals surface area contributed by atoms with Crippen LogP contribution in [0.1, 0.15) is 16.3 Å². The molecule has 4 heteroatoms. The molecule has 2 rings (SSSR count). The lowest BCUT2D eigenvalue weighted by Crippen LogP contribution is -2.02. The third-order valence-electron chi connectivity index (χ3n) is 2.24. The first-order chi connectivity index (χ1) is 6.22. The maximum absolute atomic E-state index is 5.47. The summed E-state index contributed by atoms with van der Waals surface area (Å²) in [5.41, 5.74) is 7.86. The highest BCUT2D eigenvalue weighted by molar-refractivity contribution is 7.17. The van der Waals surface area contributed by atoms with E-state index in [-0.39, 0.29) is 0 Å². The minimum absolute atomic E-state index is 0.670. The molecule has 0 saturated heterocycles. The fourth-order valence-electron chi connectivity index (χ4n) is 1.37. The van der Waals surface area contributed by atoms with E-state index in [0.717, 1.165) is 17.1 Å². The standard InChI is InChI=1S/C9H13N3S/c1-6-7(2)13-9-11-8(3-4-10)5-12(6)9/h5H,3-4,10H2,1-2H3. The topological polar surface area (TPSA) is 43.3 Å². The van der Waals surface area contributed by atoms with Gasteiger partial charge in [0.2, 0.25) is 0 Å². The zero-order valence-corrected chi connectivity index (χ0v) is 8.69. The van der Waals surface area contributed by atoms with Gasteiger partial charge in [0.05, 0.1) is 5.69 Å². The molecule has 0 bridgehead atoms. The number of fused-ring (bicyclic) bond motifs is 1. The number of thiazole rings is 1. The molecular formula is C9H13N3S. The van der Waals surface area contributed by atoms with Crippen LogP contribution in [0, 0.1) is 13.8 Å². The molecule has 0 radical (unpaired) electrons. The molecule has 2 N–H and O–H groups in total. The summed E-state index contributed by atoms with van der Waals surface area (Å²) in [6.07, 6.45) is 2.95. The summed E-state index contributed by atoms with van der Waals surface area (Å²) in [7, 11) is 0. The average molecular weight is 195 g/mol. The normalized spacial score (nSPS) is 11.3. The molecule has 0 aromatic carbocycles. The molecule has 0 spiro atoms. The molecule has 2 aromatic rings. The quantitative estimate of drug-likeness (QED) is 0.789. The van der Waals surface area contributed by atoms with Crippen LogP contribution in [0.4, 0.5) is 0 Å². The summed E-state index contributed by atoms with van der Waals surface area (Å²) < 4.78 is 2.14. The molecule has 0 unspecified atom stereocenters. The minimum Gasteiger partial charge on any atom is -0.330 e. The van der Waals surface area contributed by atoms with Crippen molar-refractivity contribution in [2.75, 3.05) is 6.54 Å². The van der Waals surface area contributed by atoms with Crippen molar-refractivity contribution in [3.63, 3.8) is 0 Å². The van der Waals surface area contributed by atoms with Crippen LogP contribution in [-0.4, -0.2) is 15.9 Å². The van der Waals surface area contributed by atoms with E-state index in [4.69, 9.17) is 5.73 Å². The van der Waals surface area contributed by atoms with E-state index in [2.05, 4.69) is 29.4 Å². The fourth-order valence-corrected chi connectivity index (χ4v) is 2.34. The number of hydrogen-bond acceptors (Lipinski definition) is 3. The number of nitrogens with zero attached hydrogens (tertiary/aromatic N) is 2. The van der Waals surface area contributed by atoms with Crippen molar-refractivity contribution < 1.29 is 0 Å². The second-order valence-corrected chi connectivity index (χ2v) is 4.35. The Labute approximate surface area is 81.2 Å². The SMILES string of the molecule is Cc1sc2nc(CCN)cn2c1C. The van der Waals surface area contributed by atoms with Crippen LogP contribution < -0.4 is 5.73 Å². The second kappa shape index (κ2) is 3.12. The van der Waals surface area contributed by atoms with Gasteiger partial charge in [-0.3, -0.25) is 4.40 Å². The van der Waals surface area contributed by atoms with E-state index in [9.17, 15) is 0 Å².